The van der Waals surface area contributed by atoms with Gasteiger partial charge in [0.25, 0.3) is 0 Å². The van der Waals surface area contributed by atoms with Gasteiger partial charge in [-0.2, -0.15) is 0 Å². The Morgan fingerprint density at radius 3 is 2.35 bits per heavy atom. The molecule has 1 saturated carbocycles. The average molecular weight is 241 g/mol. The third-order valence-electron chi connectivity index (χ3n) is 3.60. The zero-order valence-electron chi connectivity index (χ0n) is 11.8. The first-order valence-corrected chi connectivity index (χ1v) is 6.79. The summed E-state index contributed by atoms with van der Waals surface area (Å²) >= 11 is 0. The monoisotopic (exact) mass is 241 g/mol. The molecule has 0 heterocycles. The van der Waals surface area contributed by atoms with Gasteiger partial charge in [0.2, 0.25) is 0 Å². The minimum atomic E-state index is -0.380. The number of hydrogen-bond acceptors (Lipinski definition) is 3. The summed E-state index contributed by atoms with van der Waals surface area (Å²) < 4.78 is 5.27. The fourth-order valence-electron chi connectivity index (χ4n) is 2.59. The summed E-state index contributed by atoms with van der Waals surface area (Å²) in [5.74, 6) is -0.151. The van der Waals surface area contributed by atoms with Crippen molar-refractivity contribution in [3.63, 3.8) is 0 Å². The van der Waals surface area contributed by atoms with E-state index in [0.29, 0.717) is 12.0 Å². The van der Waals surface area contributed by atoms with Crippen molar-refractivity contribution in [3.05, 3.63) is 0 Å². The molecule has 0 aromatic rings. The molecule has 1 aliphatic carbocycles. The van der Waals surface area contributed by atoms with E-state index in [2.05, 4.69) is 12.2 Å². The van der Waals surface area contributed by atoms with Crippen LogP contribution in [0.15, 0.2) is 0 Å². The Labute approximate surface area is 105 Å². The van der Waals surface area contributed by atoms with Crippen LogP contribution in [-0.2, 0) is 9.53 Å². The second kappa shape index (κ2) is 5.85. The molecule has 17 heavy (non-hydrogen) atoms. The SMILES string of the molecule is CCC1(CNCC(=O)OC(C)(C)C)CCCC1. The number of ether oxygens (including phenoxy) is 1. The highest BCUT2D eigenvalue weighted by atomic mass is 16.6. The highest BCUT2D eigenvalue weighted by molar-refractivity contribution is 5.72. The quantitative estimate of drug-likeness (QED) is 0.752. The third kappa shape index (κ3) is 5.07. The van der Waals surface area contributed by atoms with Gasteiger partial charge < -0.3 is 10.1 Å². The highest BCUT2D eigenvalue weighted by Crippen LogP contribution is 2.40. The molecule has 0 aromatic carbocycles. The van der Waals surface area contributed by atoms with Crippen molar-refractivity contribution in [3.8, 4) is 0 Å². The molecular weight excluding hydrogens is 214 g/mol. The van der Waals surface area contributed by atoms with Gasteiger partial charge in [0.15, 0.2) is 0 Å². The fourth-order valence-corrected chi connectivity index (χ4v) is 2.59. The smallest absolute Gasteiger partial charge is 0.320 e. The van der Waals surface area contributed by atoms with E-state index in [1.165, 1.54) is 32.1 Å². The molecule has 0 saturated heterocycles. The Kier molecular flexibility index (Phi) is 4.99. The van der Waals surface area contributed by atoms with Crippen LogP contribution in [-0.4, -0.2) is 24.7 Å². The van der Waals surface area contributed by atoms with Crippen molar-refractivity contribution < 1.29 is 9.53 Å². The van der Waals surface area contributed by atoms with E-state index in [1.807, 2.05) is 20.8 Å². The molecule has 1 fully saturated rings. The molecule has 1 rings (SSSR count). The van der Waals surface area contributed by atoms with Gasteiger partial charge in [-0.3, -0.25) is 4.79 Å². The summed E-state index contributed by atoms with van der Waals surface area (Å²) in [6.07, 6.45) is 6.47. The van der Waals surface area contributed by atoms with Crippen molar-refractivity contribution in [1.29, 1.82) is 0 Å². The molecule has 0 amide bonds. The van der Waals surface area contributed by atoms with Crippen LogP contribution in [0.25, 0.3) is 0 Å². The van der Waals surface area contributed by atoms with E-state index in [9.17, 15) is 4.79 Å². The molecule has 100 valence electrons. The van der Waals surface area contributed by atoms with E-state index >= 15 is 0 Å². The lowest BCUT2D eigenvalue weighted by Gasteiger charge is -2.28. The van der Waals surface area contributed by atoms with E-state index in [0.717, 1.165) is 6.54 Å². The van der Waals surface area contributed by atoms with Gasteiger partial charge in [0, 0.05) is 6.54 Å². The zero-order chi connectivity index (χ0) is 12.9. The van der Waals surface area contributed by atoms with Crippen LogP contribution in [0.3, 0.4) is 0 Å². The number of hydrogen-bond donors (Lipinski definition) is 1. The largest absolute Gasteiger partial charge is 0.459 e. The van der Waals surface area contributed by atoms with Crippen molar-refractivity contribution >= 4 is 5.97 Å². The fraction of sp³-hybridized carbons (Fsp3) is 0.929. The van der Waals surface area contributed by atoms with Crippen molar-refractivity contribution in [2.24, 2.45) is 5.41 Å². The molecule has 0 unspecified atom stereocenters. The van der Waals surface area contributed by atoms with Crippen LogP contribution < -0.4 is 5.32 Å². The number of nitrogens with one attached hydrogen (secondary N) is 1. The Morgan fingerprint density at radius 1 is 1.29 bits per heavy atom. The van der Waals surface area contributed by atoms with Crippen LogP contribution in [0.5, 0.6) is 0 Å². The van der Waals surface area contributed by atoms with Gasteiger partial charge in [-0.15, -0.1) is 0 Å². The first-order valence-electron chi connectivity index (χ1n) is 6.79. The summed E-state index contributed by atoms with van der Waals surface area (Å²) in [5, 5.41) is 3.27. The number of carbonyl (C=O) groups excluding carboxylic acids is 1. The molecular formula is C14H27NO2. The lowest BCUT2D eigenvalue weighted by atomic mass is 9.83. The summed E-state index contributed by atoms with van der Waals surface area (Å²) in [5.41, 5.74) is 0.0522. The maximum atomic E-state index is 11.5. The van der Waals surface area contributed by atoms with Crippen molar-refractivity contribution in [2.45, 2.75) is 65.4 Å². The van der Waals surface area contributed by atoms with Gasteiger partial charge in [0.05, 0.1) is 6.54 Å². The third-order valence-corrected chi connectivity index (χ3v) is 3.60. The predicted octanol–water partition coefficient (Wildman–Crippen LogP) is 2.89. The van der Waals surface area contributed by atoms with Gasteiger partial charge in [-0.05, 0) is 45.4 Å². The van der Waals surface area contributed by atoms with Gasteiger partial charge in [-0.25, -0.2) is 0 Å². The maximum Gasteiger partial charge on any atom is 0.320 e. The topological polar surface area (TPSA) is 38.3 Å². The second-order valence-corrected chi connectivity index (χ2v) is 6.25. The average Bonchev–Trinajstić information content (AvgIpc) is 2.64. The van der Waals surface area contributed by atoms with E-state index < -0.39 is 0 Å². The molecule has 0 aliphatic heterocycles. The van der Waals surface area contributed by atoms with Crippen LogP contribution in [0, 0.1) is 5.41 Å². The first-order chi connectivity index (χ1) is 7.87. The number of esters is 1. The second-order valence-electron chi connectivity index (χ2n) is 6.25. The molecule has 0 aromatic heterocycles. The Hall–Kier alpha value is -0.570. The molecule has 3 nitrogen and oxygen atoms in total. The molecule has 0 bridgehead atoms. The standard InChI is InChI=1S/C14H27NO2/c1-5-14(8-6-7-9-14)11-15-10-12(16)17-13(2,3)4/h15H,5-11H2,1-4H3. The van der Waals surface area contributed by atoms with E-state index in [-0.39, 0.29) is 11.6 Å². The Bertz CT molecular complexity index is 249. The van der Waals surface area contributed by atoms with E-state index in [4.69, 9.17) is 4.74 Å². The molecule has 0 atom stereocenters. The summed E-state index contributed by atoms with van der Waals surface area (Å²) in [6, 6.07) is 0. The van der Waals surface area contributed by atoms with Gasteiger partial charge in [-0.1, -0.05) is 19.8 Å². The predicted molar refractivity (Wildman–Crippen MR) is 69.9 cm³/mol. The van der Waals surface area contributed by atoms with Gasteiger partial charge >= 0.3 is 5.97 Å². The van der Waals surface area contributed by atoms with Gasteiger partial charge in [0.1, 0.15) is 5.60 Å². The van der Waals surface area contributed by atoms with Crippen LogP contribution in [0.1, 0.15) is 59.8 Å². The van der Waals surface area contributed by atoms with Crippen LogP contribution >= 0.6 is 0 Å². The summed E-state index contributed by atoms with van der Waals surface area (Å²) in [4.78, 5) is 11.5. The zero-order valence-corrected chi connectivity index (χ0v) is 11.8. The van der Waals surface area contributed by atoms with Crippen molar-refractivity contribution in [1.82, 2.24) is 5.32 Å². The normalized spacial score (nSPS) is 19.3. The number of carbonyl (C=O) groups is 1. The lowest BCUT2D eigenvalue weighted by molar-refractivity contribution is -0.153. The van der Waals surface area contributed by atoms with Crippen LogP contribution in [0.4, 0.5) is 0 Å². The van der Waals surface area contributed by atoms with Crippen molar-refractivity contribution in [2.75, 3.05) is 13.1 Å². The lowest BCUT2D eigenvalue weighted by Crippen LogP contribution is -2.37. The maximum absolute atomic E-state index is 11.5. The number of rotatable bonds is 5. The Balaban J connectivity index is 2.25. The molecule has 0 radical (unpaired) electrons. The minimum absolute atomic E-state index is 0.151. The summed E-state index contributed by atoms with van der Waals surface area (Å²) in [7, 11) is 0. The summed E-state index contributed by atoms with van der Waals surface area (Å²) in [6.45, 7) is 9.22. The molecule has 1 N–H and O–H groups in total. The Morgan fingerprint density at radius 2 is 1.88 bits per heavy atom. The van der Waals surface area contributed by atoms with Crippen LogP contribution in [0.2, 0.25) is 0 Å². The minimum Gasteiger partial charge on any atom is -0.459 e. The van der Waals surface area contributed by atoms with E-state index in [1.54, 1.807) is 0 Å². The first kappa shape index (κ1) is 14.5. The molecule has 0 spiro atoms. The molecule has 1 aliphatic rings. The molecule has 3 heteroatoms. The highest BCUT2D eigenvalue weighted by Gasteiger charge is 2.31.